The van der Waals surface area contributed by atoms with Gasteiger partial charge in [0.2, 0.25) is 5.91 Å². The molecule has 0 aliphatic rings. The van der Waals surface area contributed by atoms with Crippen LogP contribution in [-0.4, -0.2) is 10.5 Å². The van der Waals surface area contributed by atoms with Crippen molar-refractivity contribution >= 4 is 45.9 Å². The van der Waals surface area contributed by atoms with Crippen molar-refractivity contribution in [2.75, 3.05) is 5.32 Å². The second kappa shape index (κ2) is 6.67. The lowest BCUT2D eigenvalue weighted by molar-refractivity contribution is -0.116. The highest BCUT2D eigenvalue weighted by molar-refractivity contribution is 6.31. The molecule has 0 atom stereocenters. The molecule has 1 amide bonds. The second-order valence-electron chi connectivity index (χ2n) is 5.03. The predicted molar refractivity (Wildman–Crippen MR) is 90.1 cm³/mol. The lowest BCUT2D eigenvalue weighted by Gasteiger charge is -2.07. The molecule has 3 rings (SSSR count). The van der Waals surface area contributed by atoms with Gasteiger partial charge in [0.25, 0.3) is 0 Å². The number of nitrogens with one attached hydrogen (secondary N) is 1. The van der Waals surface area contributed by atoms with Crippen LogP contribution in [0.3, 0.4) is 0 Å². The summed E-state index contributed by atoms with van der Waals surface area (Å²) in [6.07, 6.45) is -0.0386. The first-order valence-corrected chi connectivity index (χ1v) is 7.74. The fourth-order valence-electron chi connectivity index (χ4n) is 2.28. The van der Waals surface area contributed by atoms with Crippen LogP contribution in [0.4, 0.5) is 10.1 Å². The maximum Gasteiger partial charge on any atom is 0.419 e. The Labute approximate surface area is 145 Å². The Morgan fingerprint density at radius 2 is 2.04 bits per heavy atom. The zero-order valence-corrected chi connectivity index (χ0v) is 13.7. The number of hydrogen-bond acceptors (Lipinski definition) is 3. The zero-order valence-electron chi connectivity index (χ0n) is 12.2. The number of nitrogens with zero attached hydrogens (tertiary/aromatic N) is 1. The van der Waals surface area contributed by atoms with E-state index in [0.717, 1.165) is 0 Å². The van der Waals surface area contributed by atoms with Crippen LogP contribution in [0.5, 0.6) is 0 Å². The summed E-state index contributed by atoms with van der Waals surface area (Å²) in [5.41, 5.74) is 0.864. The molecular weight excluding hydrogens is 358 g/mol. The van der Waals surface area contributed by atoms with Crippen LogP contribution in [0.1, 0.15) is 6.42 Å². The van der Waals surface area contributed by atoms with Crippen LogP contribution >= 0.6 is 23.2 Å². The molecule has 1 heterocycles. The van der Waals surface area contributed by atoms with Crippen LogP contribution in [0.2, 0.25) is 10.0 Å². The van der Waals surface area contributed by atoms with E-state index in [0.29, 0.717) is 16.1 Å². The number of fused-ring (bicyclic) bond motifs is 1. The first-order chi connectivity index (χ1) is 11.5. The molecule has 0 radical (unpaired) electrons. The Morgan fingerprint density at radius 1 is 1.25 bits per heavy atom. The number of aromatic nitrogens is 1. The SMILES string of the molecule is O=C(CCn1c(=O)oc2cc(Cl)ccc21)Nc1cccc(Cl)c1F. The van der Waals surface area contributed by atoms with Gasteiger partial charge in [0.05, 0.1) is 16.2 Å². The van der Waals surface area contributed by atoms with E-state index in [9.17, 15) is 14.0 Å². The number of amides is 1. The van der Waals surface area contributed by atoms with Crippen LogP contribution in [0.25, 0.3) is 11.1 Å². The number of anilines is 1. The van der Waals surface area contributed by atoms with E-state index < -0.39 is 17.5 Å². The summed E-state index contributed by atoms with van der Waals surface area (Å²) in [5, 5.41) is 2.79. The van der Waals surface area contributed by atoms with Crippen LogP contribution in [0.15, 0.2) is 45.6 Å². The number of rotatable bonds is 4. The third-order valence-electron chi connectivity index (χ3n) is 3.42. The molecule has 0 aliphatic carbocycles. The summed E-state index contributed by atoms with van der Waals surface area (Å²) >= 11 is 11.5. The van der Waals surface area contributed by atoms with E-state index in [-0.39, 0.29) is 23.7 Å². The number of aryl methyl sites for hydroxylation is 1. The monoisotopic (exact) mass is 368 g/mol. The molecule has 0 aliphatic heterocycles. The van der Waals surface area contributed by atoms with Crippen LogP contribution in [0, 0.1) is 5.82 Å². The van der Waals surface area contributed by atoms with Gasteiger partial charge in [0.1, 0.15) is 0 Å². The fraction of sp³-hybridized carbons (Fsp3) is 0.125. The normalized spacial score (nSPS) is 11.0. The summed E-state index contributed by atoms with van der Waals surface area (Å²) in [5.74, 6) is -1.74. The van der Waals surface area contributed by atoms with E-state index in [1.807, 2.05) is 0 Å². The molecule has 1 N–H and O–H groups in total. The molecule has 0 unspecified atom stereocenters. The number of carbonyl (C=O) groups is 1. The molecule has 3 aromatic rings. The molecule has 124 valence electrons. The van der Waals surface area contributed by atoms with Crippen molar-refractivity contribution in [1.29, 1.82) is 0 Å². The minimum atomic E-state index is -0.701. The predicted octanol–water partition coefficient (Wildman–Crippen LogP) is 4.07. The molecule has 5 nitrogen and oxygen atoms in total. The van der Waals surface area contributed by atoms with Gasteiger partial charge in [-0.1, -0.05) is 29.3 Å². The minimum Gasteiger partial charge on any atom is -0.408 e. The van der Waals surface area contributed by atoms with Crippen molar-refractivity contribution in [2.24, 2.45) is 0 Å². The highest BCUT2D eigenvalue weighted by Gasteiger charge is 2.13. The zero-order chi connectivity index (χ0) is 17.3. The summed E-state index contributed by atoms with van der Waals surface area (Å²) in [4.78, 5) is 23.8. The van der Waals surface area contributed by atoms with Gasteiger partial charge in [0, 0.05) is 24.1 Å². The lowest BCUT2D eigenvalue weighted by Crippen LogP contribution is -2.20. The van der Waals surface area contributed by atoms with Crippen molar-refractivity contribution in [1.82, 2.24) is 4.57 Å². The number of hydrogen-bond donors (Lipinski definition) is 1. The number of halogens is 3. The van der Waals surface area contributed by atoms with Gasteiger partial charge >= 0.3 is 5.76 Å². The molecule has 0 fully saturated rings. The van der Waals surface area contributed by atoms with Crippen molar-refractivity contribution in [3.8, 4) is 0 Å². The van der Waals surface area contributed by atoms with Crippen LogP contribution < -0.4 is 11.1 Å². The highest BCUT2D eigenvalue weighted by Crippen LogP contribution is 2.22. The quantitative estimate of drug-likeness (QED) is 0.754. The molecule has 24 heavy (non-hydrogen) atoms. The van der Waals surface area contributed by atoms with E-state index in [4.69, 9.17) is 27.6 Å². The Hall–Kier alpha value is -2.31. The Bertz CT molecular complexity index is 981. The van der Waals surface area contributed by atoms with Crippen molar-refractivity contribution < 1.29 is 13.6 Å². The molecule has 2 aromatic carbocycles. The summed E-state index contributed by atoms with van der Waals surface area (Å²) in [7, 11) is 0. The first-order valence-electron chi connectivity index (χ1n) is 6.98. The van der Waals surface area contributed by atoms with E-state index >= 15 is 0 Å². The van der Waals surface area contributed by atoms with E-state index in [1.54, 1.807) is 12.1 Å². The van der Waals surface area contributed by atoms with Gasteiger partial charge in [-0.25, -0.2) is 9.18 Å². The lowest BCUT2D eigenvalue weighted by atomic mass is 10.3. The van der Waals surface area contributed by atoms with Gasteiger partial charge in [-0.2, -0.15) is 0 Å². The summed E-state index contributed by atoms with van der Waals surface area (Å²) in [6, 6.07) is 9.10. The standard InChI is InChI=1S/C16H11Cl2FN2O3/c17-9-4-5-12-13(8-9)24-16(23)21(12)7-6-14(22)20-11-3-1-2-10(18)15(11)19/h1-5,8H,6-7H2,(H,20,22). The van der Waals surface area contributed by atoms with Gasteiger partial charge in [-0.15, -0.1) is 0 Å². The van der Waals surface area contributed by atoms with Crippen molar-refractivity contribution in [2.45, 2.75) is 13.0 Å². The Balaban J connectivity index is 1.74. The Kier molecular flexibility index (Phi) is 4.59. The molecule has 8 heteroatoms. The van der Waals surface area contributed by atoms with Crippen LogP contribution in [-0.2, 0) is 11.3 Å². The van der Waals surface area contributed by atoms with Crippen molar-refractivity contribution in [3.05, 3.63) is 62.8 Å². The molecule has 0 spiro atoms. The number of benzene rings is 2. The summed E-state index contributed by atoms with van der Waals surface area (Å²) < 4.78 is 20.2. The average molecular weight is 369 g/mol. The molecule has 0 bridgehead atoms. The smallest absolute Gasteiger partial charge is 0.408 e. The van der Waals surface area contributed by atoms with Gasteiger partial charge < -0.3 is 9.73 Å². The van der Waals surface area contributed by atoms with Gasteiger partial charge in [0.15, 0.2) is 11.4 Å². The Morgan fingerprint density at radius 3 is 2.83 bits per heavy atom. The van der Waals surface area contributed by atoms with Gasteiger partial charge in [-0.3, -0.25) is 9.36 Å². The summed E-state index contributed by atoms with van der Waals surface area (Å²) in [6.45, 7) is 0.0848. The number of carbonyl (C=O) groups excluding carboxylic acids is 1. The highest BCUT2D eigenvalue weighted by atomic mass is 35.5. The average Bonchev–Trinajstić information content (AvgIpc) is 2.84. The third kappa shape index (κ3) is 3.29. The maximum atomic E-state index is 13.8. The van der Waals surface area contributed by atoms with E-state index in [1.165, 1.54) is 28.8 Å². The fourth-order valence-corrected chi connectivity index (χ4v) is 2.61. The van der Waals surface area contributed by atoms with E-state index in [2.05, 4.69) is 5.32 Å². The molecule has 0 saturated heterocycles. The minimum absolute atomic E-state index is 0.0105. The maximum absolute atomic E-state index is 13.8. The first kappa shape index (κ1) is 16.5. The topological polar surface area (TPSA) is 64.2 Å². The third-order valence-corrected chi connectivity index (χ3v) is 3.95. The largest absolute Gasteiger partial charge is 0.419 e. The van der Waals surface area contributed by atoms with Crippen molar-refractivity contribution in [3.63, 3.8) is 0 Å². The molecule has 0 saturated carbocycles. The number of oxazole rings is 1. The second-order valence-corrected chi connectivity index (χ2v) is 5.87. The van der Waals surface area contributed by atoms with Gasteiger partial charge in [-0.05, 0) is 24.3 Å². The molecular formula is C16H11Cl2FN2O3. The molecule has 1 aromatic heterocycles.